The summed E-state index contributed by atoms with van der Waals surface area (Å²) in [6.07, 6.45) is 0.211. The van der Waals surface area contributed by atoms with Gasteiger partial charge in [0.15, 0.2) is 5.76 Å². The van der Waals surface area contributed by atoms with E-state index in [1.54, 1.807) is 42.5 Å². The van der Waals surface area contributed by atoms with Crippen molar-refractivity contribution in [3.05, 3.63) is 70.4 Å². The predicted molar refractivity (Wildman–Crippen MR) is 101 cm³/mol. The topological polar surface area (TPSA) is 92.8 Å². The van der Waals surface area contributed by atoms with E-state index in [-0.39, 0.29) is 46.5 Å². The number of imide groups is 1. The average Bonchev–Trinajstić information content (AvgIpc) is 2.70. The van der Waals surface area contributed by atoms with Crippen molar-refractivity contribution in [3.8, 4) is 5.75 Å². The average molecular weight is 397 g/mol. The zero-order chi connectivity index (χ0) is 19.8. The highest BCUT2D eigenvalue weighted by Gasteiger charge is 2.33. The summed E-state index contributed by atoms with van der Waals surface area (Å²) in [6, 6.07) is 12.2. The van der Waals surface area contributed by atoms with E-state index in [9.17, 15) is 19.2 Å². The summed E-state index contributed by atoms with van der Waals surface area (Å²) < 4.78 is 5.60. The number of allylic oxidation sites excluding steroid dienone is 2. The second kappa shape index (κ2) is 6.94. The van der Waals surface area contributed by atoms with Crippen LogP contribution in [0.4, 0.5) is 10.5 Å². The maximum Gasteiger partial charge on any atom is 0.328 e. The van der Waals surface area contributed by atoms with Gasteiger partial charge in [0.2, 0.25) is 17.5 Å². The molecule has 1 aliphatic heterocycles. The molecule has 1 saturated heterocycles. The molecule has 140 valence electrons. The van der Waals surface area contributed by atoms with E-state index >= 15 is 0 Å². The predicted octanol–water partition coefficient (Wildman–Crippen LogP) is 3.04. The Balaban J connectivity index is 1.57. The van der Waals surface area contributed by atoms with Crippen molar-refractivity contribution in [2.45, 2.75) is 6.42 Å². The summed E-state index contributed by atoms with van der Waals surface area (Å²) in [5, 5.41) is 1.97. The Morgan fingerprint density at radius 3 is 2.18 bits per heavy atom. The molecule has 2 aliphatic rings. The van der Waals surface area contributed by atoms with E-state index < -0.39 is 17.6 Å². The second-order valence-corrected chi connectivity index (χ2v) is 6.58. The van der Waals surface area contributed by atoms with E-state index in [4.69, 9.17) is 16.3 Å². The molecule has 0 bridgehead atoms. The first kappa shape index (κ1) is 17.9. The molecule has 0 spiro atoms. The van der Waals surface area contributed by atoms with Crippen LogP contribution in [0, 0.1) is 0 Å². The number of rotatable bonds is 3. The smallest absolute Gasteiger partial charge is 0.328 e. The minimum Gasteiger partial charge on any atom is -0.451 e. The van der Waals surface area contributed by atoms with Crippen molar-refractivity contribution < 1.29 is 23.9 Å². The van der Waals surface area contributed by atoms with Crippen molar-refractivity contribution in [1.82, 2.24) is 5.32 Å². The quantitative estimate of drug-likeness (QED) is 0.860. The van der Waals surface area contributed by atoms with Crippen molar-refractivity contribution >= 4 is 40.8 Å². The van der Waals surface area contributed by atoms with Gasteiger partial charge in [-0.3, -0.25) is 24.6 Å². The lowest BCUT2D eigenvalue weighted by Crippen LogP contribution is -2.49. The number of hydrogen-bond acceptors (Lipinski definition) is 5. The number of halogens is 1. The molecular weight excluding hydrogens is 384 g/mol. The van der Waals surface area contributed by atoms with Crippen LogP contribution < -0.4 is 15.0 Å². The molecule has 8 heteroatoms. The third-order valence-corrected chi connectivity index (χ3v) is 4.79. The molecule has 28 heavy (non-hydrogen) atoms. The molecule has 0 saturated carbocycles. The Morgan fingerprint density at radius 1 is 0.893 bits per heavy atom. The number of ether oxygens (including phenoxy) is 1. The van der Waals surface area contributed by atoms with Crippen LogP contribution in [0.15, 0.2) is 59.3 Å². The molecule has 2 aromatic rings. The van der Waals surface area contributed by atoms with E-state index in [1.807, 2.05) is 0 Å². The number of benzene rings is 2. The molecule has 1 N–H and O–H groups in total. The van der Waals surface area contributed by atoms with Crippen molar-refractivity contribution in [3.63, 3.8) is 0 Å². The zero-order valence-electron chi connectivity index (χ0n) is 14.4. The highest BCUT2D eigenvalue weighted by molar-refractivity contribution is 6.49. The van der Waals surface area contributed by atoms with Crippen molar-refractivity contribution in [1.29, 1.82) is 0 Å². The number of carbonyl (C=O) groups is 4. The molecule has 0 atom stereocenters. The van der Waals surface area contributed by atoms with E-state index in [1.165, 1.54) is 11.0 Å². The number of ketones is 2. The zero-order valence-corrected chi connectivity index (χ0v) is 15.2. The lowest BCUT2D eigenvalue weighted by atomic mass is 9.93. The largest absolute Gasteiger partial charge is 0.451 e. The van der Waals surface area contributed by atoms with Gasteiger partial charge < -0.3 is 4.74 Å². The molecule has 2 aromatic carbocycles. The Labute approximate surface area is 164 Å². The van der Waals surface area contributed by atoms with Crippen molar-refractivity contribution in [2.24, 2.45) is 0 Å². The Kier molecular flexibility index (Phi) is 4.44. The van der Waals surface area contributed by atoms with Crippen LogP contribution in [-0.2, 0) is 4.79 Å². The number of carbonyl (C=O) groups excluding carboxylic acids is 4. The Bertz CT molecular complexity index is 1060. The number of amides is 3. The van der Waals surface area contributed by atoms with E-state index in [0.29, 0.717) is 5.69 Å². The summed E-state index contributed by atoms with van der Waals surface area (Å²) in [5.41, 5.74) is 1.04. The molecule has 3 amide bonds. The first-order chi connectivity index (χ1) is 13.5. The monoisotopic (exact) mass is 396 g/mol. The fraction of sp³-hybridized carbons (Fsp3) is 0.100. The normalized spacial score (nSPS) is 16.8. The number of urea groups is 1. The highest BCUT2D eigenvalue weighted by Crippen LogP contribution is 2.31. The molecule has 0 unspecified atom stereocenters. The van der Waals surface area contributed by atoms with Gasteiger partial charge in [0.25, 0.3) is 0 Å². The summed E-state index contributed by atoms with van der Waals surface area (Å²) in [7, 11) is 0. The molecular formula is C20H13ClN2O5. The third kappa shape index (κ3) is 3.05. The molecule has 0 radical (unpaired) electrons. The maximum absolute atomic E-state index is 12.7. The van der Waals surface area contributed by atoms with Gasteiger partial charge in [-0.15, -0.1) is 0 Å². The lowest BCUT2D eigenvalue weighted by Gasteiger charge is -2.26. The molecule has 7 nitrogen and oxygen atoms in total. The summed E-state index contributed by atoms with van der Waals surface area (Å²) in [5.74, 6) is -1.22. The first-order valence-electron chi connectivity index (χ1n) is 8.43. The fourth-order valence-electron chi connectivity index (χ4n) is 3.04. The highest BCUT2D eigenvalue weighted by atomic mass is 35.5. The van der Waals surface area contributed by atoms with Gasteiger partial charge >= 0.3 is 6.03 Å². The number of anilines is 1. The number of hydrogen-bond donors (Lipinski definition) is 1. The third-order valence-electron chi connectivity index (χ3n) is 4.44. The molecule has 1 aliphatic carbocycles. The minimum absolute atomic E-state index is 0.211. The van der Waals surface area contributed by atoms with Gasteiger partial charge in [-0.2, -0.15) is 0 Å². The lowest BCUT2D eigenvalue weighted by molar-refractivity contribution is -0.120. The van der Waals surface area contributed by atoms with Gasteiger partial charge in [0.05, 0.1) is 0 Å². The second-order valence-electron chi connectivity index (χ2n) is 6.20. The summed E-state index contributed by atoms with van der Waals surface area (Å²) in [6.45, 7) is 0.269. The van der Waals surface area contributed by atoms with E-state index in [0.717, 1.165) is 0 Å². The summed E-state index contributed by atoms with van der Waals surface area (Å²) >= 11 is 6.08. The number of fused-ring (bicyclic) bond motifs is 1. The van der Waals surface area contributed by atoms with Crippen LogP contribution in [0.1, 0.15) is 27.1 Å². The van der Waals surface area contributed by atoms with Crippen LogP contribution in [0.5, 0.6) is 5.75 Å². The number of nitrogens with zero attached hydrogens (tertiary/aromatic N) is 1. The molecule has 1 heterocycles. The van der Waals surface area contributed by atoms with Gasteiger partial charge in [-0.1, -0.05) is 35.9 Å². The summed E-state index contributed by atoms with van der Waals surface area (Å²) in [4.78, 5) is 49.6. The maximum atomic E-state index is 12.7. The van der Waals surface area contributed by atoms with Crippen LogP contribution in [-0.4, -0.2) is 30.0 Å². The van der Waals surface area contributed by atoms with Gasteiger partial charge in [-0.05, 0) is 24.3 Å². The minimum atomic E-state index is -0.500. The molecule has 4 rings (SSSR count). The van der Waals surface area contributed by atoms with Gasteiger partial charge in [0.1, 0.15) is 10.8 Å². The van der Waals surface area contributed by atoms with Gasteiger partial charge in [-0.25, -0.2) is 4.79 Å². The van der Waals surface area contributed by atoms with Gasteiger partial charge in [0, 0.05) is 29.8 Å². The Morgan fingerprint density at radius 2 is 1.54 bits per heavy atom. The number of nitrogens with one attached hydrogen (secondary N) is 1. The van der Waals surface area contributed by atoms with Crippen LogP contribution in [0.2, 0.25) is 0 Å². The van der Waals surface area contributed by atoms with Crippen molar-refractivity contribution in [2.75, 3.05) is 11.4 Å². The standard InChI is InChI=1S/C20H13ClN2O5/c21-16-17(25)13-3-1-2-4-14(13)18(26)19(16)28-12-7-5-11(6-8-12)23-10-9-15(24)22-20(23)27/h1-8H,9-10H2,(H,22,24,27). The first-order valence-corrected chi connectivity index (χ1v) is 8.81. The SMILES string of the molecule is O=C1CCN(c2ccc(OC3=C(Cl)C(=O)c4ccccc4C3=O)cc2)C(=O)N1. The molecule has 1 fully saturated rings. The Hall–Kier alpha value is -3.45. The number of Topliss-reactive ketones (excluding diaryl/α,β-unsaturated/α-hetero) is 2. The fourth-order valence-corrected chi connectivity index (χ4v) is 3.26. The van der Waals surface area contributed by atoms with E-state index in [2.05, 4.69) is 5.32 Å². The van der Waals surface area contributed by atoms with Crippen LogP contribution in [0.3, 0.4) is 0 Å². The van der Waals surface area contributed by atoms with Crippen LogP contribution in [0.25, 0.3) is 0 Å². The van der Waals surface area contributed by atoms with Crippen LogP contribution >= 0.6 is 11.6 Å². The molecule has 0 aromatic heterocycles.